The van der Waals surface area contributed by atoms with E-state index in [4.69, 9.17) is 14.3 Å². The average Bonchev–Trinajstić information content (AvgIpc) is 3.13. The zero-order chi connectivity index (χ0) is 18.6. The molecule has 134 valence electrons. The molecular weight excluding hydrogens is 356 g/mol. The highest BCUT2D eigenvalue weighted by molar-refractivity contribution is 7.89. The third-order valence-electron chi connectivity index (χ3n) is 3.55. The number of hydrogen-bond donors (Lipinski definition) is 2. The fourth-order valence-electron chi connectivity index (χ4n) is 2.34. The Hall–Kier alpha value is -3.10. The van der Waals surface area contributed by atoms with Gasteiger partial charge in [0.1, 0.15) is 22.2 Å². The summed E-state index contributed by atoms with van der Waals surface area (Å²) >= 11 is 0. The van der Waals surface area contributed by atoms with E-state index in [1.54, 1.807) is 42.5 Å². The predicted molar refractivity (Wildman–Crippen MR) is 95.8 cm³/mol. The molecule has 0 saturated carbocycles. The molecule has 8 heteroatoms. The SMILES string of the molecule is NS(=O)(=O)c1cc(C=O)c(NCc2ccco2)cc1Oc1ccccc1. The fourth-order valence-corrected chi connectivity index (χ4v) is 3.01. The van der Waals surface area contributed by atoms with Gasteiger partial charge in [0.05, 0.1) is 12.8 Å². The summed E-state index contributed by atoms with van der Waals surface area (Å²) in [7, 11) is -4.09. The molecule has 0 amide bonds. The summed E-state index contributed by atoms with van der Waals surface area (Å²) in [6.07, 6.45) is 2.08. The zero-order valence-corrected chi connectivity index (χ0v) is 14.4. The lowest BCUT2D eigenvalue weighted by Crippen LogP contribution is -2.14. The molecule has 0 aliphatic rings. The molecule has 0 radical (unpaired) electrons. The van der Waals surface area contributed by atoms with Gasteiger partial charge in [-0.15, -0.1) is 0 Å². The lowest BCUT2D eigenvalue weighted by Gasteiger charge is -2.14. The Morgan fingerprint density at radius 1 is 1.12 bits per heavy atom. The zero-order valence-electron chi connectivity index (χ0n) is 13.6. The minimum atomic E-state index is -4.09. The van der Waals surface area contributed by atoms with Crippen molar-refractivity contribution in [3.8, 4) is 11.5 Å². The van der Waals surface area contributed by atoms with Crippen LogP contribution in [0.25, 0.3) is 0 Å². The molecule has 0 fully saturated rings. The second-order valence-corrected chi connectivity index (χ2v) is 6.93. The summed E-state index contributed by atoms with van der Waals surface area (Å²) in [5.41, 5.74) is 0.538. The maximum absolute atomic E-state index is 11.9. The lowest BCUT2D eigenvalue weighted by atomic mass is 10.1. The first kappa shape index (κ1) is 17.7. The normalized spacial score (nSPS) is 11.1. The molecule has 3 aromatic rings. The van der Waals surface area contributed by atoms with Crippen LogP contribution in [0, 0.1) is 0 Å². The number of ether oxygens (including phenoxy) is 1. The van der Waals surface area contributed by atoms with Crippen LogP contribution in [0.4, 0.5) is 5.69 Å². The minimum absolute atomic E-state index is 0.0197. The van der Waals surface area contributed by atoms with Crippen molar-refractivity contribution in [3.05, 3.63) is 72.2 Å². The number of hydrogen-bond acceptors (Lipinski definition) is 6. The van der Waals surface area contributed by atoms with Gasteiger partial charge in [-0.3, -0.25) is 4.79 Å². The van der Waals surface area contributed by atoms with E-state index >= 15 is 0 Å². The maximum atomic E-state index is 11.9. The van der Waals surface area contributed by atoms with Crippen molar-refractivity contribution in [2.24, 2.45) is 5.14 Å². The molecular formula is C18H16N2O5S. The quantitative estimate of drug-likeness (QED) is 0.616. The number of benzene rings is 2. The topological polar surface area (TPSA) is 112 Å². The Labute approximate surface area is 150 Å². The Morgan fingerprint density at radius 2 is 1.88 bits per heavy atom. The molecule has 0 aliphatic heterocycles. The second-order valence-electron chi connectivity index (χ2n) is 5.40. The molecule has 0 unspecified atom stereocenters. The lowest BCUT2D eigenvalue weighted by molar-refractivity contribution is 0.112. The third-order valence-corrected chi connectivity index (χ3v) is 4.49. The number of nitrogens with two attached hydrogens (primary N) is 1. The van der Waals surface area contributed by atoms with Crippen molar-refractivity contribution >= 4 is 22.0 Å². The molecule has 0 spiro atoms. The summed E-state index contributed by atoms with van der Waals surface area (Å²) in [5.74, 6) is 1.11. The van der Waals surface area contributed by atoms with Gasteiger partial charge in [0.2, 0.25) is 10.0 Å². The van der Waals surface area contributed by atoms with E-state index in [-0.39, 0.29) is 16.2 Å². The molecule has 2 aromatic carbocycles. The van der Waals surface area contributed by atoms with Crippen molar-refractivity contribution in [1.29, 1.82) is 0 Å². The average molecular weight is 372 g/mol. The van der Waals surface area contributed by atoms with Crippen molar-refractivity contribution < 1.29 is 22.4 Å². The summed E-state index contributed by atoms with van der Waals surface area (Å²) in [5, 5.41) is 8.31. The number of para-hydroxylation sites is 1. The van der Waals surface area contributed by atoms with Gasteiger partial charge in [0, 0.05) is 17.3 Å². The van der Waals surface area contributed by atoms with Crippen LogP contribution < -0.4 is 15.2 Å². The predicted octanol–water partition coefficient (Wildman–Crippen LogP) is 3.14. The Morgan fingerprint density at radius 3 is 2.50 bits per heavy atom. The number of aldehydes is 1. The van der Waals surface area contributed by atoms with Gasteiger partial charge in [0.25, 0.3) is 0 Å². The first-order valence-corrected chi connectivity index (χ1v) is 9.17. The smallest absolute Gasteiger partial charge is 0.241 e. The molecule has 0 bridgehead atoms. The molecule has 1 aromatic heterocycles. The molecule has 7 nitrogen and oxygen atoms in total. The van der Waals surface area contributed by atoms with Crippen LogP contribution in [0.15, 0.2) is 70.2 Å². The Bertz CT molecular complexity index is 1000. The number of primary sulfonamides is 1. The van der Waals surface area contributed by atoms with Crippen LogP contribution in [0.1, 0.15) is 16.1 Å². The minimum Gasteiger partial charge on any atom is -0.467 e. The van der Waals surface area contributed by atoms with E-state index in [9.17, 15) is 13.2 Å². The number of carbonyl (C=O) groups excluding carboxylic acids is 1. The van der Waals surface area contributed by atoms with E-state index < -0.39 is 10.0 Å². The van der Waals surface area contributed by atoms with Gasteiger partial charge in [0.15, 0.2) is 6.29 Å². The number of carbonyl (C=O) groups is 1. The Balaban J connectivity index is 2.01. The van der Waals surface area contributed by atoms with Crippen LogP contribution in [0.3, 0.4) is 0 Å². The van der Waals surface area contributed by atoms with Crippen LogP contribution in [0.5, 0.6) is 11.5 Å². The molecule has 1 heterocycles. The molecule has 3 N–H and O–H groups in total. The van der Waals surface area contributed by atoms with Gasteiger partial charge in [-0.05, 0) is 30.3 Å². The third kappa shape index (κ3) is 4.11. The summed E-state index contributed by atoms with van der Waals surface area (Å²) in [6.45, 7) is 0.313. The number of sulfonamides is 1. The van der Waals surface area contributed by atoms with E-state index in [1.807, 2.05) is 0 Å². The van der Waals surface area contributed by atoms with Crippen LogP contribution >= 0.6 is 0 Å². The van der Waals surface area contributed by atoms with Gasteiger partial charge in [-0.1, -0.05) is 18.2 Å². The van der Waals surface area contributed by atoms with Gasteiger partial charge in [-0.25, -0.2) is 13.6 Å². The van der Waals surface area contributed by atoms with Crippen LogP contribution in [-0.2, 0) is 16.6 Å². The molecule has 3 rings (SSSR count). The molecule has 0 atom stereocenters. The molecule has 0 aliphatic carbocycles. The van der Waals surface area contributed by atoms with E-state index in [0.717, 1.165) is 0 Å². The highest BCUT2D eigenvalue weighted by atomic mass is 32.2. The number of anilines is 1. The van der Waals surface area contributed by atoms with E-state index in [1.165, 1.54) is 18.4 Å². The van der Waals surface area contributed by atoms with Crippen molar-refractivity contribution in [2.75, 3.05) is 5.32 Å². The first-order chi connectivity index (χ1) is 12.5. The maximum Gasteiger partial charge on any atom is 0.241 e. The van der Waals surface area contributed by atoms with Crippen molar-refractivity contribution in [3.63, 3.8) is 0 Å². The van der Waals surface area contributed by atoms with E-state index in [0.29, 0.717) is 30.0 Å². The summed E-state index contributed by atoms with van der Waals surface area (Å²) in [6, 6.07) is 14.8. The molecule has 0 saturated heterocycles. The van der Waals surface area contributed by atoms with Crippen molar-refractivity contribution in [1.82, 2.24) is 0 Å². The number of nitrogens with one attached hydrogen (secondary N) is 1. The number of rotatable bonds is 7. The van der Waals surface area contributed by atoms with Gasteiger partial charge < -0.3 is 14.5 Å². The van der Waals surface area contributed by atoms with Gasteiger partial charge >= 0.3 is 0 Å². The fraction of sp³-hybridized carbons (Fsp3) is 0.0556. The highest BCUT2D eigenvalue weighted by Gasteiger charge is 2.20. The summed E-state index contributed by atoms with van der Waals surface area (Å²) < 4.78 is 34.7. The van der Waals surface area contributed by atoms with E-state index in [2.05, 4.69) is 5.32 Å². The van der Waals surface area contributed by atoms with Gasteiger partial charge in [-0.2, -0.15) is 0 Å². The Kier molecular flexibility index (Phi) is 5.06. The largest absolute Gasteiger partial charge is 0.467 e. The van der Waals surface area contributed by atoms with Crippen LogP contribution in [-0.4, -0.2) is 14.7 Å². The summed E-state index contributed by atoms with van der Waals surface area (Å²) in [4.78, 5) is 11.1. The second kappa shape index (κ2) is 7.42. The highest BCUT2D eigenvalue weighted by Crippen LogP contribution is 2.33. The standard InChI is InChI=1S/C18H16N2O5S/c19-26(22,23)18-9-13(12-21)16(20-11-15-7-4-8-24-15)10-17(18)25-14-5-2-1-3-6-14/h1-10,12,20H,11H2,(H2,19,22,23). The number of furan rings is 1. The van der Waals surface area contributed by atoms with Crippen LogP contribution in [0.2, 0.25) is 0 Å². The molecule has 26 heavy (non-hydrogen) atoms. The van der Waals surface area contributed by atoms with Crippen molar-refractivity contribution in [2.45, 2.75) is 11.4 Å². The first-order valence-electron chi connectivity index (χ1n) is 7.62. The monoisotopic (exact) mass is 372 g/mol.